The first-order valence-corrected chi connectivity index (χ1v) is 7.44. The van der Waals surface area contributed by atoms with Gasteiger partial charge in [-0.3, -0.25) is 0 Å². The maximum absolute atomic E-state index is 9.71. The maximum Gasteiger partial charge on any atom is 0.0512 e. The fourth-order valence-electron chi connectivity index (χ4n) is 2.28. The van der Waals surface area contributed by atoms with Gasteiger partial charge in [0.05, 0.1) is 13.2 Å². The molecular weight excluding hydrogens is 256 g/mol. The highest BCUT2D eigenvalue weighted by Gasteiger charge is 2.28. The number of thiophene rings is 1. The summed E-state index contributed by atoms with van der Waals surface area (Å²) in [6.45, 7) is 0.0353. The van der Waals surface area contributed by atoms with Crippen molar-refractivity contribution in [2.75, 3.05) is 13.2 Å². The second-order valence-corrected chi connectivity index (χ2v) is 6.09. The first-order valence-electron chi connectivity index (χ1n) is 6.56. The maximum atomic E-state index is 9.71. The Labute approximate surface area is 118 Å². The summed E-state index contributed by atoms with van der Waals surface area (Å²) < 4.78 is 0. The van der Waals surface area contributed by atoms with E-state index < -0.39 is 5.41 Å². The van der Waals surface area contributed by atoms with Gasteiger partial charge < -0.3 is 10.2 Å². The molecule has 1 heterocycles. The van der Waals surface area contributed by atoms with Crippen LogP contribution < -0.4 is 0 Å². The molecule has 2 nitrogen and oxygen atoms in total. The first kappa shape index (κ1) is 14.3. The number of aliphatic hydroxyl groups excluding tert-OH is 2. The van der Waals surface area contributed by atoms with Gasteiger partial charge in [0, 0.05) is 10.3 Å². The number of aryl methyl sites for hydroxylation is 1. The van der Waals surface area contributed by atoms with Gasteiger partial charge in [0.15, 0.2) is 0 Å². The van der Waals surface area contributed by atoms with E-state index in [2.05, 4.69) is 11.4 Å². The van der Waals surface area contributed by atoms with Crippen LogP contribution in [0.15, 0.2) is 47.8 Å². The molecule has 0 aliphatic heterocycles. The van der Waals surface area contributed by atoms with E-state index in [1.165, 1.54) is 4.88 Å². The van der Waals surface area contributed by atoms with Gasteiger partial charge >= 0.3 is 0 Å². The SMILES string of the molecule is OCC(CO)(CCc1cccs1)Cc1ccccc1. The predicted molar refractivity (Wildman–Crippen MR) is 79.4 cm³/mol. The monoisotopic (exact) mass is 276 g/mol. The lowest BCUT2D eigenvalue weighted by Gasteiger charge is -2.30. The van der Waals surface area contributed by atoms with E-state index >= 15 is 0 Å². The van der Waals surface area contributed by atoms with Gasteiger partial charge in [0.25, 0.3) is 0 Å². The predicted octanol–water partition coefficient (Wildman–Crippen LogP) is 2.89. The van der Waals surface area contributed by atoms with Gasteiger partial charge in [-0.25, -0.2) is 0 Å². The summed E-state index contributed by atoms with van der Waals surface area (Å²) in [6, 6.07) is 14.2. The molecule has 2 rings (SSSR count). The largest absolute Gasteiger partial charge is 0.396 e. The summed E-state index contributed by atoms with van der Waals surface area (Å²) in [5.41, 5.74) is 0.738. The quantitative estimate of drug-likeness (QED) is 0.816. The van der Waals surface area contributed by atoms with E-state index in [0.29, 0.717) is 6.42 Å². The van der Waals surface area contributed by atoms with Crippen LogP contribution in [0.1, 0.15) is 16.9 Å². The van der Waals surface area contributed by atoms with Gasteiger partial charge in [-0.15, -0.1) is 11.3 Å². The molecule has 0 unspecified atom stereocenters. The number of benzene rings is 1. The molecular formula is C16H20O2S. The molecule has 0 aliphatic rings. The molecule has 0 spiro atoms. The second-order valence-electron chi connectivity index (χ2n) is 5.06. The highest BCUT2D eigenvalue weighted by Crippen LogP contribution is 2.29. The smallest absolute Gasteiger partial charge is 0.0512 e. The highest BCUT2D eigenvalue weighted by molar-refractivity contribution is 7.09. The fourth-order valence-corrected chi connectivity index (χ4v) is 2.99. The third kappa shape index (κ3) is 3.90. The van der Waals surface area contributed by atoms with E-state index in [4.69, 9.17) is 0 Å². The van der Waals surface area contributed by atoms with Crippen LogP contribution in [0.4, 0.5) is 0 Å². The van der Waals surface area contributed by atoms with E-state index in [1.807, 2.05) is 36.4 Å². The Morgan fingerprint density at radius 1 is 0.947 bits per heavy atom. The third-order valence-corrected chi connectivity index (χ3v) is 4.51. The van der Waals surface area contributed by atoms with Crippen molar-refractivity contribution in [3.8, 4) is 0 Å². The average Bonchev–Trinajstić information content (AvgIpc) is 2.98. The van der Waals surface area contributed by atoms with Gasteiger partial charge in [-0.2, -0.15) is 0 Å². The number of aliphatic hydroxyl groups is 2. The Bertz CT molecular complexity index is 461. The zero-order valence-electron chi connectivity index (χ0n) is 11.0. The molecule has 1 aromatic heterocycles. The first-order chi connectivity index (χ1) is 9.28. The minimum Gasteiger partial charge on any atom is -0.396 e. The lowest BCUT2D eigenvalue weighted by atomic mass is 9.79. The summed E-state index contributed by atoms with van der Waals surface area (Å²) in [6.07, 6.45) is 2.42. The molecule has 0 atom stereocenters. The van der Waals surface area contributed by atoms with Gasteiger partial charge in [0.2, 0.25) is 0 Å². The van der Waals surface area contributed by atoms with Crippen molar-refractivity contribution in [2.24, 2.45) is 5.41 Å². The summed E-state index contributed by atoms with van der Waals surface area (Å²) in [5, 5.41) is 21.5. The minimum absolute atomic E-state index is 0.0176. The molecule has 0 amide bonds. The molecule has 3 heteroatoms. The fraction of sp³-hybridized carbons (Fsp3) is 0.375. The molecule has 1 aromatic carbocycles. The van der Waals surface area contributed by atoms with E-state index in [-0.39, 0.29) is 13.2 Å². The second kappa shape index (κ2) is 6.85. The van der Waals surface area contributed by atoms with Crippen LogP contribution in [0.3, 0.4) is 0 Å². The molecule has 0 bridgehead atoms. The number of hydrogen-bond donors (Lipinski definition) is 2. The Morgan fingerprint density at radius 3 is 2.26 bits per heavy atom. The van der Waals surface area contributed by atoms with E-state index in [0.717, 1.165) is 18.4 Å². The Morgan fingerprint density at radius 2 is 1.68 bits per heavy atom. The van der Waals surface area contributed by atoms with Gasteiger partial charge in [-0.05, 0) is 36.3 Å². The summed E-state index contributed by atoms with van der Waals surface area (Å²) in [4.78, 5) is 1.30. The van der Waals surface area contributed by atoms with Gasteiger partial charge in [0.1, 0.15) is 0 Å². The molecule has 0 fully saturated rings. The molecule has 102 valence electrons. The topological polar surface area (TPSA) is 40.5 Å². The zero-order valence-corrected chi connectivity index (χ0v) is 11.8. The highest BCUT2D eigenvalue weighted by atomic mass is 32.1. The number of hydrogen-bond acceptors (Lipinski definition) is 3. The average molecular weight is 276 g/mol. The van der Waals surface area contributed by atoms with E-state index in [9.17, 15) is 10.2 Å². The molecule has 0 aliphatic carbocycles. The van der Waals surface area contributed by atoms with Crippen LogP contribution in [0, 0.1) is 5.41 Å². The molecule has 0 saturated carbocycles. The van der Waals surface area contributed by atoms with E-state index in [1.54, 1.807) is 11.3 Å². The van der Waals surface area contributed by atoms with Crippen LogP contribution in [-0.2, 0) is 12.8 Å². The summed E-state index contributed by atoms with van der Waals surface area (Å²) in [5.74, 6) is 0. The third-order valence-electron chi connectivity index (χ3n) is 3.57. The van der Waals surface area contributed by atoms with Crippen molar-refractivity contribution >= 4 is 11.3 Å². The van der Waals surface area contributed by atoms with Crippen LogP contribution in [0.2, 0.25) is 0 Å². The molecule has 0 radical (unpaired) electrons. The van der Waals surface area contributed by atoms with Crippen LogP contribution in [0.25, 0.3) is 0 Å². The van der Waals surface area contributed by atoms with Crippen LogP contribution >= 0.6 is 11.3 Å². The van der Waals surface area contributed by atoms with Crippen molar-refractivity contribution in [3.63, 3.8) is 0 Å². The van der Waals surface area contributed by atoms with Crippen LogP contribution in [-0.4, -0.2) is 23.4 Å². The number of rotatable bonds is 7. The molecule has 0 saturated heterocycles. The van der Waals surface area contributed by atoms with Gasteiger partial charge in [-0.1, -0.05) is 36.4 Å². The minimum atomic E-state index is -0.425. The molecule has 2 N–H and O–H groups in total. The lowest BCUT2D eigenvalue weighted by Crippen LogP contribution is -2.33. The Balaban J connectivity index is 2.04. The van der Waals surface area contributed by atoms with Crippen molar-refractivity contribution < 1.29 is 10.2 Å². The van der Waals surface area contributed by atoms with Crippen LogP contribution in [0.5, 0.6) is 0 Å². The lowest BCUT2D eigenvalue weighted by molar-refractivity contribution is 0.0477. The van der Waals surface area contributed by atoms with Crippen molar-refractivity contribution in [1.29, 1.82) is 0 Å². The Hall–Kier alpha value is -1.16. The standard InChI is InChI=1S/C16H20O2S/c17-12-16(13-18,9-8-15-7-4-10-19-15)11-14-5-2-1-3-6-14/h1-7,10,17-18H,8-9,11-13H2. The Kier molecular flexibility index (Phi) is 5.14. The van der Waals surface area contributed by atoms with Crippen molar-refractivity contribution in [1.82, 2.24) is 0 Å². The zero-order chi connectivity index (χ0) is 13.6. The molecule has 2 aromatic rings. The molecule has 19 heavy (non-hydrogen) atoms. The summed E-state index contributed by atoms with van der Waals surface area (Å²) in [7, 11) is 0. The normalized spacial score (nSPS) is 11.7. The van der Waals surface area contributed by atoms with Crippen molar-refractivity contribution in [2.45, 2.75) is 19.3 Å². The van der Waals surface area contributed by atoms with Crippen molar-refractivity contribution in [3.05, 3.63) is 58.3 Å². The summed E-state index contributed by atoms with van der Waals surface area (Å²) >= 11 is 1.73.